The molecule has 3 nitrogen and oxygen atoms in total. The maximum atomic E-state index is 11.7. The molecule has 0 bridgehead atoms. The van der Waals surface area contributed by atoms with E-state index in [2.05, 4.69) is 0 Å². The zero-order valence-corrected chi connectivity index (χ0v) is 9.67. The highest BCUT2D eigenvalue weighted by Gasteiger charge is 2.33. The molecule has 2 N–H and O–H groups in total. The van der Waals surface area contributed by atoms with Gasteiger partial charge in [-0.2, -0.15) is 0 Å². The Hall–Kier alpha value is -1.06. The molecule has 0 fully saturated rings. The fraction of sp³-hybridized carbons (Fsp3) is 0.364. The molecule has 1 aromatic carbocycles. The lowest BCUT2D eigenvalue weighted by Crippen LogP contribution is -2.31. The maximum absolute atomic E-state index is 11.7. The number of nitrogens with two attached hydrogens (primary N) is 1. The smallest absolute Gasteiger partial charge is 0.248 e. The number of carbonyl (C=O) groups is 1. The molecule has 1 aromatic rings. The van der Waals surface area contributed by atoms with Crippen LogP contribution in [0.1, 0.15) is 24.1 Å². The Kier molecular flexibility index (Phi) is 3.37. The Morgan fingerprint density at radius 3 is 2.73 bits per heavy atom. The molecule has 0 spiro atoms. The Balaban J connectivity index is 0.00000112. The molecule has 15 heavy (non-hydrogen) atoms. The summed E-state index contributed by atoms with van der Waals surface area (Å²) in [6.07, 6.45) is 0. The van der Waals surface area contributed by atoms with Crippen LogP contribution in [0.3, 0.4) is 0 Å². The lowest BCUT2D eigenvalue weighted by Gasteiger charge is -2.14. The van der Waals surface area contributed by atoms with Crippen molar-refractivity contribution in [1.82, 2.24) is 0 Å². The summed E-state index contributed by atoms with van der Waals surface area (Å²) in [7, 11) is 0. The second-order valence-corrected chi connectivity index (χ2v) is 3.62. The molecule has 1 atom stereocenters. The van der Waals surface area contributed by atoms with Crippen LogP contribution in [0.5, 0.6) is 0 Å². The van der Waals surface area contributed by atoms with E-state index < -0.39 is 6.04 Å². The number of hydrogen-bond acceptors (Lipinski definition) is 2. The van der Waals surface area contributed by atoms with Crippen molar-refractivity contribution >= 4 is 24.0 Å². The van der Waals surface area contributed by atoms with Crippen molar-refractivity contribution < 1.29 is 4.79 Å². The summed E-state index contributed by atoms with van der Waals surface area (Å²) in [5.74, 6) is 0.00750. The van der Waals surface area contributed by atoms with Crippen LogP contribution < -0.4 is 10.6 Å². The number of nitrogens with zero attached hydrogens (tertiary/aromatic N) is 1. The average molecular weight is 227 g/mol. The second-order valence-electron chi connectivity index (χ2n) is 3.62. The third-order valence-electron chi connectivity index (χ3n) is 2.66. The van der Waals surface area contributed by atoms with E-state index in [1.165, 1.54) is 0 Å². The van der Waals surface area contributed by atoms with Gasteiger partial charge in [0.15, 0.2) is 0 Å². The van der Waals surface area contributed by atoms with Crippen molar-refractivity contribution in [1.29, 1.82) is 0 Å². The standard InChI is InChI=1S/C11H14N2O.ClH/c1-3-13-9-5-4-7(2)6-8(9)10(12)11(13)14;/h4-6,10H,3,12H2,1-2H3;1H. The number of carbonyl (C=O) groups excluding carboxylic acids is 1. The van der Waals surface area contributed by atoms with Gasteiger partial charge in [-0.1, -0.05) is 17.7 Å². The fourth-order valence-electron chi connectivity index (χ4n) is 1.91. The summed E-state index contributed by atoms with van der Waals surface area (Å²) in [6, 6.07) is 5.50. The van der Waals surface area contributed by atoms with E-state index in [-0.39, 0.29) is 18.3 Å². The number of likely N-dealkylation sites (N-methyl/N-ethyl adjacent to an activating group) is 1. The molecular weight excluding hydrogens is 212 g/mol. The lowest BCUT2D eigenvalue weighted by atomic mass is 10.1. The topological polar surface area (TPSA) is 46.3 Å². The van der Waals surface area contributed by atoms with Crippen molar-refractivity contribution in [3.63, 3.8) is 0 Å². The minimum absolute atomic E-state index is 0. The van der Waals surface area contributed by atoms with E-state index in [0.29, 0.717) is 6.54 Å². The van der Waals surface area contributed by atoms with Crippen molar-refractivity contribution in [3.05, 3.63) is 29.3 Å². The van der Waals surface area contributed by atoms with Gasteiger partial charge in [0.25, 0.3) is 0 Å². The van der Waals surface area contributed by atoms with Gasteiger partial charge in [-0.3, -0.25) is 4.79 Å². The van der Waals surface area contributed by atoms with Crippen LogP contribution in [-0.4, -0.2) is 12.5 Å². The summed E-state index contributed by atoms with van der Waals surface area (Å²) in [5, 5.41) is 0. The summed E-state index contributed by atoms with van der Waals surface area (Å²) in [5.41, 5.74) is 8.90. The van der Waals surface area contributed by atoms with Crippen molar-refractivity contribution in [3.8, 4) is 0 Å². The highest BCUT2D eigenvalue weighted by molar-refractivity contribution is 6.04. The number of anilines is 1. The van der Waals surface area contributed by atoms with Crippen LogP contribution >= 0.6 is 12.4 Å². The van der Waals surface area contributed by atoms with Crippen LogP contribution in [-0.2, 0) is 4.79 Å². The van der Waals surface area contributed by atoms with E-state index in [0.717, 1.165) is 16.8 Å². The molecule has 0 aliphatic carbocycles. The molecule has 1 heterocycles. The van der Waals surface area contributed by atoms with E-state index in [1.54, 1.807) is 4.90 Å². The Morgan fingerprint density at radius 1 is 1.47 bits per heavy atom. The quantitative estimate of drug-likeness (QED) is 0.794. The van der Waals surface area contributed by atoms with Crippen molar-refractivity contribution in [2.45, 2.75) is 19.9 Å². The number of hydrogen-bond donors (Lipinski definition) is 1. The largest absolute Gasteiger partial charge is 0.316 e. The highest BCUT2D eigenvalue weighted by Crippen LogP contribution is 2.34. The first-order chi connectivity index (χ1) is 6.65. The van der Waals surface area contributed by atoms with Crippen LogP contribution in [0, 0.1) is 6.92 Å². The van der Waals surface area contributed by atoms with Crippen molar-refractivity contribution in [2.24, 2.45) is 5.73 Å². The predicted molar refractivity (Wildman–Crippen MR) is 63.4 cm³/mol. The summed E-state index contributed by atoms with van der Waals surface area (Å²) in [6.45, 7) is 4.65. The first kappa shape index (κ1) is 12.0. The van der Waals surface area contributed by atoms with E-state index in [4.69, 9.17) is 5.73 Å². The Labute approximate surface area is 95.7 Å². The molecule has 0 aromatic heterocycles. The predicted octanol–water partition coefficient (Wildman–Crippen LogP) is 1.78. The lowest BCUT2D eigenvalue weighted by molar-refractivity contribution is -0.119. The van der Waals surface area contributed by atoms with Crippen LogP contribution in [0.2, 0.25) is 0 Å². The molecule has 0 saturated heterocycles. The summed E-state index contributed by atoms with van der Waals surface area (Å²) >= 11 is 0. The minimum Gasteiger partial charge on any atom is -0.316 e. The zero-order chi connectivity index (χ0) is 10.3. The van der Waals surface area contributed by atoms with E-state index >= 15 is 0 Å². The Morgan fingerprint density at radius 2 is 2.13 bits per heavy atom. The van der Waals surface area contributed by atoms with E-state index in [9.17, 15) is 4.79 Å². The summed E-state index contributed by atoms with van der Waals surface area (Å²) in [4.78, 5) is 13.4. The second kappa shape index (κ2) is 4.21. The summed E-state index contributed by atoms with van der Waals surface area (Å²) < 4.78 is 0. The number of fused-ring (bicyclic) bond motifs is 1. The maximum Gasteiger partial charge on any atom is 0.248 e. The van der Waals surface area contributed by atoms with Gasteiger partial charge in [0, 0.05) is 17.8 Å². The van der Waals surface area contributed by atoms with Crippen LogP contribution in [0.25, 0.3) is 0 Å². The molecule has 82 valence electrons. The van der Waals surface area contributed by atoms with Gasteiger partial charge in [-0.15, -0.1) is 12.4 Å². The molecule has 1 aliphatic rings. The van der Waals surface area contributed by atoms with Crippen LogP contribution in [0.4, 0.5) is 5.69 Å². The molecule has 1 aliphatic heterocycles. The molecule has 0 saturated carbocycles. The first-order valence-electron chi connectivity index (χ1n) is 4.82. The Bertz CT molecular complexity index is 392. The van der Waals surface area contributed by atoms with Gasteiger partial charge in [-0.25, -0.2) is 0 Å². The fourth-order valence-corrected chi connectivity index (χ4v) is 1.91. The zero-order valence-electron chi connectivity index (χ0n) is 8.86. The molecule has 0 radical (unpaired) electrons. The minimum atomic E-state index is -0.468. The monoisotopic (exact) mass is 226 g/mol. The normalized spacial score (nSPS) is 18.7. The molecule has 1 unspecified atom stereocenters. The van der Waals surface area contributed by atoms with Crippen LogP contribution in [0.15, 0.2) is 18.2 Å². The van der Waals surface area contributed by atoms with Gasteiger partial charge in [0.1, 0.15) is 6.04 Å². The SMILES string of the molecule is CCN1C(=O)C(N)c2cc(C)ccc21.Cl. The molecular formula is C11H15ClN2O. The van der Waals surface area contributed by atoms with Crippen molar-refractivity contribution in [2.75, 3.05) is 11.4 Å². The highest BCUT2D eigenvalue weighted by atomic mass is 35.5. The number of rotatable bonds is 1. The van der Waals surface area contributed by atoms with Gasteiger partial charge < -0.3 is 10.6 Å². The third-order valence-corrected chi connectivity index (χ3v) is 2.66. The molecule has 1 amide bonds. The van der Waals surface area contributed by atoms with Gasteiger partial charge in [0.05, 0.1) is 0 Å². The number of benzene rings is 1. The average Bonchev–Trinajstić information content (AvgIpc) is 2.41. The number of halogens is 1. The van der Waals surface area contributed by atoms with Gasteiger partial charge in [0.2, 0.25) is 5.91 Å². The molecule has 4 heteroatoms. The number of aryl methyl sites for hydroxylation is 1. The number of amides is 1. The van der Waals surface area contributed by atoms with Gasteiger partial charge >= 0.3 is 0 Å². The van der Waals surface area contributed by atoms with E-state index in [1.807, 2.05) is 32.0 Å². The van der Waals surface area contributed by atoms with Gasteiger partial charge in [-0.05, 0) is 19.9 Å². The molecule has 2 rings (SSSR count). The first-order valence-corrected chi connectivity index (χ1v) is 4.82. The third kappa shape index (κ3) is 1.73.